The minimum atomic E-state index is -0.234. The first-order valence-corrected chi connectivity index (χ1v) is 11.8. The Morgan fingerprint density at radius 2 is 1.59 bits per heavy atom. The Kier molecular flexibility index (Phi) is 5.69. The largest absolute Gasteiger partial charge is 0.368 e. The summed E-state index contributed by atoms with van der Waals surface area (Å²) in [6.45, 7) is 8.60. The average Bonchev–Trinajstić information content (AvgIpc) is 3.16. The van der Waals surface area contributed by atoms with E-state index in [0.29, 0.717) is 13.1 Å². The number of aryl methyl sites for hydroxylation is 1. The first-order valence-electron chi connectivity index (χ1n) is 11.0. The standard InChI is InChI=1S/C23H27FN6OS/c1-16-19-21(29-9-7-27(2)8-10-29)25-15-26-22(19)32-20(16)23(31)30-13-11-28(12-14-30)18-5-3-17(24)4-6-18/h3-6,15H,7-14H2,1-2H3. The molecule has 0 N–H and O–H groups in total. The van der Waals surface area contributed by atoms with Gasteiger partial charge in [0, 0.05) is 58.0 Å². The SMILES string of the molecule is Cc1c(C(=O)N2CCN(c3ccc(F)cc3)CC2)sc2ncnc(N3CCN(C)CC3)c12. The van der Waals surface area contributed by atoms with Gasteiger partial charge in [0.05, 0.1) is 10.3 Å². The van der Waals surface area contributed by atoms with Crippen LogP contribution < -0.4 is 9.80 Å². The van der Waals surface area contributed by atoms with Crippen LogP contribution in [0.15, 0.2) is 30.6 Å². The minimum Gasteiger partial charge on any atom is -0.368 e. The second kappa shape index (κ2) is 8.63. The van der Waals surface area contributed by atoms with Crippen LogP contribution in [0.25, 0.3) is 10.2 Å². The van der Waals surface area contributed by atoms with Crippen molar-refractivity contribution in [1.29, 1.82) is 0 Å². The number of carbonyl (C=O) groups excluding carboxylic acids is 1. The summed E-state index contributed by atoms with van der Waals surface area (Å²) in [4.78, 5) is 32.8. The van der Waals surface area contributed by atoms with Crippen LogP contribution in [0.4, 0.5) is 15.9 Å². The van der Waals surface area contributed by atoms with Gasteiger partial charge >= 0.3 is 0 Å². The van der Waals surface area contributed by atoms with Crippen molar-refractivity contribution in [1.82, 2.24) is 19.8 Å². The molecular weight excluding hydrogens is 427 g/mol. The van der Waals surface area contributed by atoms with Crippen LogP contribution in [0.3, 0.4) is 0 Å². The van der Waals surface area contributed by atoms with Gasteiger partial charge < -0.3 is 19.6 Å². The number of carbonyl (C=O) groups is 1. The number of halogens is 1. The molecule has 2 fully saturated rings. The third-order valence-corrected chi connectivity index (χ3v) is 7.65. The van der Waals surface area contributed by atoms with Gasteiger partial charge in [0.1, 0.15) is 22.8 Å². The summed E-state index contributed by atoms with van der Waals surface area (Å²) < 4.78 is 13.2. The predicted octanol–water partition coefficient (Wildman–Crippen LogP) is 2.85. The quantitative estimate of drug-likeness (QED) is 0.607. The number of rotatable bonds is 3. The van der Waals surface area contributed by atoms with Crippen molar-refractivity contribution in [2.75, 3.05) is 69.2 Å². The van der Waals surface area contributed by atoms with Crippen LogP contribution in [-0.2, 0) is 0 Å². The van der Waals surface area contributed by atoms with Gasteiger partial charge in [-0.1, -0.05) is 0 Å². The molecule has 0 radical (unpaired) electrons. The van der Waals surface area contributed by atoms with Crippen molar-refractivity contribution in [2.24, 2.45) is 0 Å². The maximum absolute atomic E-state index is 13.4. The third-order valence-electron chi connectivity index (χ3n) is 6.46. The molecule has 0 atom stereocenters. The van der Waals surface area contributed by atoms with E-state index in [-0.39, 0.29) is 11.7 Å². The maximum atomic E-state index is 13.4. The summed E-state index contributed by atoms with van der Waals surface area (Å²) in [6, 6.07) is 6.54. The van der Waals surface area contributed by atoms with E-state index < -0.39 is 0 Å². The molecule has 7 nitrogen and oxygen atoms in total. The lowest BCUT2D eigenvalue weighted by Crippen LogP contribution is -2.48. The van der Waals surface area contributed by atoms with E-state index in [2.05, 4.69) is 31.7 Å². The van der Waals surface area contributed by atoms with Gasteiger partial charge in [0.25, 0.3) is 5.91 Å². The fraction of sp³-hybridized carbons (Fsp3) is 0.435. The highest BCUT2D eigenvalue weighted by Crippen LogP contribution is 2.36. The summed E-state index contributed by atoms with van der Waals surface area (Å²) in [5.41, 5.74) is 1.97. The molecule has 2 aliphatic rings. The number of thiophene rings is 1. The van der Waals surface area contributed by atoms with E-state index in [1.807, 2.05) is 11.8 Å². The summed E-state index contributed by atoms with van der Waals surface area (Å²) in [5, 5.41) is 1.01. The Labute approximate surface area is 191 Å². The first kappa shape index (κ1) is 21.1. The van der Waals surface area contributed by atoms with Crippen molar-refractivity contribution < 1.29 is 9.18 Å². The molecule has 9 heteroatoms. The fourth-order valence-corrected chi connectivity index (χ4v) is 5.59. The molecule has 2 aliphatic heterocycles. The van der Waals surface area contributed by atoms with E-state index >= 15 is 0 Å². The number of hydrogen-bond acceptors (Lipinski definition) is 7. The Morgan fingerprint density at radius 3 is 2.28 bits per heavy atom. The molecule has 0 aliphatic carbocycles. The van der Waals surface area contributed by atoms with Crippen molar-refractivity contribution >= 4 is 39.0 Å². The zero-order valence-corrected chi connectivity index (χ0v) is 19.2. The van der Waals surface area contributed by atoms with Gasteiger partial charge in [-0.15, -0.1) is 11.3 Å². The second-order valence-electron chi connectivity index (χ2n) is 8.48. The number of hydrogen-bond donors (Lipinski definition) is 0. The molecule has 2 saturated heterocycles. The molecule has 4 heterocycles. The zero-order chi connectivity index (χ0) is 22.2. The number of amides is 1. The molecular formula is C23H27FN6OS. The highest BCUT2D eigenvalue weighted by atomic mass is 32.1. The lowest BCUT2D eigenvalue weighted by Gasteiger charge is -2.36. The fourth-order valence-electron chi connectivity index (χ4n) is 4.48. The van der Waals surface area contributed by atoms with Gasteiger partial charge in [-0.25, -0.2) is 14.4 Å². The van der Waals surface area contributed by atoms with Crippen molar-refractivity contribution in [3.8, 4) is 0 Å². The number of aromatic nitrogens is 2. The van der Waals surface area contributed by atoms with E-state index in [4.69, 9.17) is 0 Å². The lowest BCUT2D eigenvalue weighted by atomic mass is 10.1. The lowest BCUT2D eigenvalue weighted by molar-refractivity contribution is 0.0751. The van der Waals surface area contributed by atoms with Crippen LogP contribution >= 0.6 is 11.3 Å². The van der Waals surface area contributed by atoms with Crippen molar-refractivity contribution in [3.05, 3.63) is 46.9 Å². The summed E-state index contributed by atoms with van der Waals surface area (Å²) >= 11 is 1.47. The number of piperazine rings is 2. The van der Waals surface area contributed by atoms with Crippen LogP contribution in [-0.4, -0.2) is 85.1 Å². The number of fused-ring (bicyclic) bond motifs is 1. The van der Waals surface area contributed by atoms with E-state index in [0.717, 1.165) is 71.4 Å². The molecule has 5 rings (SSSR count). The highest BCUT2D eigenvalue weighted by molar-refractivity contribution is 7.20. The van der Waals surface area contributed by atoms with Gasteiger partial charge in [-0.2, -0.15) is 0 Å². The summed E-state index contributed by atoms with van der Waals surface area (Å²) in [6.07, 6.45) is 1.61. The van der Waals surface area contributed by atoms with Gasteiger partial charge in [0.2, 0.25) is 0 Å². The van der Waals surface area contributed by atoms with Crippen LogP contribution in [0, 0.1) is 12.7 Å². The molecule has 0 saturated carbocycles. The van der Waals surface area contributed by atoms with Crippen LogP contribution in [0.5, 0.6) is 0 Å². The van der Waals surface area contributed by atoms with E-state index in [1.165, 1.54) is 23.5 Å². The average molecular weight is 455 g/mol. The van der Waals surface area contributed by atoms with E-state index in [9.17, 15) is 9.18 Å². The molecule has 168 valence electrons. The molecule has 0 unspecified atom stereocenters. The molecule has 1 aromatic carbocycles. The molecule has 32 heavy (non-hydrogen) atoms. The first-order chi connectivity index (χ1) is 15.5. The number of anilines is 2. The molecule has 3 aromatic rings. The van der Waals surface area contributed by atoms with Gasteiger partial charge in [-0.3, -0.25) is 4.79 Å². The van der Waals surface area contributed by atoms with Crippen molar-refractivity contribution in [3.63, 3.8) is 0 Å². The monoisotopic (exact) mass is 454 g/mol. The summed E-state index contributed by atoms with van der Waals surface area (Å²) in [5.74, 6) is 0.771. The predicted molar refractivity (Wildman–Crippen MR) is 126 cm³/mol. The van der Waals surface area contributed by atoms with Gasteiger partial charge in [0.15, 0.2) is 0 Å². The smallest absolute Gasteiger partial charge is 0.264 e. The number of nitrogens with zero attached hydrogens (tertiary/aromatic N) is 6. The Bertz CT molecular complexity index is 1120. The minimum absolute atomic E-state index is 0.0635. The van der Waals surface area contributed by atoms with Gasteiger partial charge in [-0.05, 0) is 43.8 Å². The molecule has 2 aromatic heterocycles. The zero-order valence-electron chi connectivity index (χ0n) is 18.4. The van der Waals surface area contributed by atoms with E-state index in [1.54, 1.807) is 18.5 Å². The number of likely N-dealkylation sites (N-methyl/N-ethyl adjacent to an activating group) is 1. The Balaban J connectivity index is 1.35. The highest BCUT2D eigenvalue weighted by Gasteiger charge is 2.28. The topological polar surface area (TPSA) is 55.8 Å². The number of benzene rings is 1. The normalized spacial score (nSPS) is 17.9. The Morgan fingerprint density at radius 1 is 0.938 bits per heavy atom. The maximum Gasteiger partial charge on any atom is 0.264 e. The molecule has 0 bridgehead atoms. The molecule has 0 spiro atoms. The van der Waals surface area contributed by atoms with Crippen molar-refractivity contribution in [2.45, 2.75) is 6.92 Å². The third kappa shape index (κ3) is 3.91. The van der Waals surface area contributed by atoms with Crippen LogP contribution in [0.2, 0.25) is 0 Å². The summed E-state index contributed by atoms with van der Waals surface area (Å²) in [7, 11) is 2.13. The Hall–Kier alpha value is -2.78. The second-order valence-corrected chi connectivity index (χ2v) is 9.48. The molecule has 1 amide bonds. The van der Waals surface area contributed by atoms with Crippen LogP contribution in [0.1, 0.15) is 15.2 Å².